The van der Waals surface area contributed by atoms with Crippen molar-refractivity contribution in [3.63, 3.8) is 0 Å². The molecule has 1 aromatic carbocycles. The molecule has 29 heavy (non-hydrogen) atoms. The zero-order valence-electron chi connectivity index (χ0n) is 16.6. The molecule has 1 amide bonds. The van der Waals surface area contributed by atoms with E-state index < -0.39 is 0 Å². The number of rotatable bonds is 3. The SMILES string of the molecule is C[C@H]1COC[C@H]2CN(C(=O)c3cnc4c(c3)ncn4Cc3ccccc3)CCN21. The first kappa shape index (κ1) is 18.3. The average molecular weight is 391 g/mol. The highest BCUT2D eigenvalue weighted by atomic mass is 16.5. The molecule has 150 valence electrons. The highest BCUT2D eigenvalue weighted by Crippen LogP contribution is 2.21. The number of hydrogen-bond donors (Lipinski definition) is 0. The van der Waals surface area contributed by atoms with Crippen LogP contribution in [0.5, 0.6) is 0 Å². The molecule has 4 heterocycles. The van der Waals surface area contributed by atoms with Gasteiger partial charge in [-0.15, -0.1) is 0 Å². The van der Waals surface area contributed by atoms with Crippen molar-refractivity contribution < 1.29 is 9.53 Å². The Labute approximate surface area is 169 Å². The second-order valence-electron chi connectivity index (χ2n) is 7.95. The maximum absolute atomic E-state index is 13.1. The summed E-state index contributed by atoms with van der Waals surface area (Å²) in [6, 6.07) is 12.8. The number of imidazole rings is 1. The lowest BCUT2D eigenvalue weighted by atomic mass is 10.1. The number of pyridine rings is 1. The molecule has 5 rings (SSSR count). The molecular formula is C22H25N5O2. The first-order valence-corrected chi connectivity index (χ1v) is 10.2. The molecule has 0 N–H and O–H groups in total. The van der Waals surface area contributed by atoms with Crippen molar-refractivity contribution >= 4 is 17.1 Å². The summed E-state index contributed by atoms with van der Waals surface area (Å²) in [5, 5.41) is 0. The van der Waals surface area contributed by atoms with Gasteiger partial charge in [-0.25, -0.2) is 9.97 Å². The Morgan fingerprint density at radius 1 is 1.17 bits per heavy atom. The second-order valence-corrected chi connectivity index (χ2v) is 7.95. The summed E-state index contributed by atoms with van der Waals surface area (Å²) < 4.78 is 7.70. The lowest BCUT2D eigenvalue weighted by molar-refractivity contribution is -0.0700. The molecule has 2 aliphatic rings. The van der Waals surface area contributed by atoms with E-state index >= 15 is 0 Å². The molecule has 2 fully saturated rings. The molecule has 0 spiro atoms. The fraction of sp³-hybridized carbons (Fsp3) is 0.409. The first-order valence-electron chi connectivity index (χ1n) is 10.2. The van der Waals surface area contributed by atoms with Gasteiger partial charge in [0.1, 0.15) is 5.52 Å². The summed E-state index contributed by atoms with van der Waals surface area (Å²) in [7, 11) is 0. The fourth-order valence-corrected chi connectivity index (χ4v) is 4.40. The quantitative estimate of drug-likeness (QED) is 0.684. The van der Waals surface area contributed by atoms with Gasteiger partial charge in [0.25, 0.3) is 5.91 Å². The van der Waals surface area contributed by atoms with Gasteiger partial charge in [-0.3, -0.25) is 9.69 Å². The number of hydrogen-bond acceptors (Lipinski definition) is 5. The Balaban J connectivity index is 1.33. The molecule has 3 aromatic rings. The van der Waals surface area contributed by atoms with Crippen LogP contribution in [0, 0.1) is 0 Å². The van der Waals surface area contributed by atoms with Crippen molar-refractivity contribution in [3.05, 3.63) is 60.0 Å². The highest BCUT2D eigenvalue weighted by Gasteiger charge is 2.35. The van der Waals surface area contributed by atoms with Crippen molar-refractivity contribution in [3.8, 4) is 0 Å². The van der Waals surface area contributed by atoms with Gasteiger partial charge in [0.2, 0.25) is 0 Å². The first-order chi connectivity index (χ1) is 14.2. The van der Waals surface area contributed by atoms with Gasteiger partial charge >= 0.3 is 0 Å². The van der Waals surface area contributed by atoms with Crippen LogP contribution in [0.4, 0.5) is 0 Å². The van der Waals surface area contributed by atoms with Crippen LogP contribution < -0.4 is 0 Å². The molecule has 0 aliphatic carbocycles. The zero-order valence-corrected chi connectivity index (χ0v) is 16.6. The molecule has 0 radical (unpaired) electrons. The van der Waals surface area contributed by atoms with Crippen molar-refractivity contribution in [2.75, 3.05) is 32.8 Å². The summed E-state index contributed by atoms with van der Waals surface area (Å²) >= 11 is 0. The van der Waals surface area contributed by atoms with E-state index in [0.29, 0.717) is 31.3 Å². The highest BCUT2D eigenvalue weighted by molar-refractivity contribution is 5.96. The van der Waals surface area contributed by atoms with Crippen LogP contribution in [0.25, 0.3) is 11.2 Å². The number of amides is 1. The topological polar surface area (TPSA) is 63.5 Å². The number of carbonyl (C=O) groups excluding carboxylic acids is 1. The van der Waals surface area contributed by atoms with Gasteiger partial charge in [-0.1, -0.05) is 30.3 Å². The molecule has 7 nitrogen and oxygen atoms in total. The number of fused-ring (bicyclic) bond motifs is 2. The molecule has 2 aromatic heterocycles. The Hall–Kier alpha value is -2.77. The average Bonchev–Trinajstić information content (AvgIpc) is 3.16. The molecule has 0 saturated carbocycles. The second kappa shape index (κ2) is 7.57. The van der Waals surface area contributed by atoms with Crippen LogP contribution in [0.1, 0.15) is 22.8 Å². The van der Waals surface area contributed by atoms with Crippen molar-refractivity contribution in [1.29, 1.82) is 0 Å². The van der Waals surface area contributed by atoms with E-state index in [1.807, 2.05) is 33.7 Å². The van der Waals surface area contributed by atoms with Crippen LogP contribution in [-0.4, -0.2) is 75.2 Å². The van der Waals surface area contributed by atoms with Crippen LogP contribution in [0.2, 0.25) is 0 Å². The fourth-order valence-electron chi connectivity index (χ4n) is 4.40. The maximum atomic E-state index is 13.1. The lowest BCUT2D eigenvalue weighted by Crippen LogP contribution is -2.62. The summed E-state index contributed by atoms with van der Waals surface area (Å²) in [6.45, 7) is 6.69. The van der Waals surface area contributed by atoms with Gasteiger partial charge in [0.05, 0.1) is 37.7 Å². The van der Waals surface area contributed by atoms with Crippen LogP contribution in [0.3, 0.4) is 0 Å². The summed E-state index contributed by atoms with van der Waals surface area (Å²) in [4.78, 5) is 26.5. The number of piperazine rings is 1. The Morgan fingerprint density at radius 2 is 2.03 bits per heavy atom. The lowest BCUT2D eigenvalue weighted by Gasteiger charge is -2.46. The van der Waals surface area contributed by atoms with E-state index in [9.17, 15) is 4.79 Å². The summed E-state index contributed by atoms with van der Waals surface area (Å²) in [6.07, 6.45) is 3.47. The van der Waals surface area contributed by atoms with E-state index in [1.165, 1.54) is 5.56 Å². The van der Waals surface area contributed by atoms with E-state index in [4.69, 9.17) is 4.74 Å². The molecule has 0 unspecified atom stereocenters. The smallest absolute Gasteiger partial charge is 0.255 e. The van der Waals surface area contributed by atoms with Crippen LogP contribution in [0.15, 0.2) is 48.9 Å². The summed E-state index contributed by atoms with van der Waals surface area (Å²) in [5.41, 5.74) is 3.33. The number of carbonyl (C=O) groups is 1. The third-order valence-corrected chi connectivity index (χ3v) is 5.95. The van der Waals surface area contributed by atoms with Crippen molar-refractivity contribution in [2.45, 2.75) is 25.6 Å². The van der Waals surface area contributed by atoms with Gasteiger partial charge in [-0.05, 0) is 18.6 Å². The molecule has 7 heteroatoms. The standard InChI is InChI=1S/C22H25N5O2/c1-16-13-29-14-19-12-25(7-8-27(16)19)22(28)18-9-20-21(23-10-18)26(15-24-20)11-17-5-3-2-4-6-17/h2-6,9-10,15-16,19H,7-8,11-14H2,1H3/t16-,19+/m0/s1. The van der Waals surface area contributed by atoms with Crippen LogP contribution >= 0.6 is 0 Å². The van der Waals surface area contributed by atoms with E-state index in [2.05, 4.69) is 33.9 Å². The van der Waals surface area contributed by atoms with E-state index in [-0.39, 0.29) is 11.9 Å². The minimum Gasteiger partial charge on any atom is -0.378 e. The number of benzene rings is 1. The molecular weight excluding hydrogens is 366 g/mol. The van der Waals surface area contributed by atoms with Gasteiger partial charge in [-0.2, -0.15) is 0 Å². The Bertz CT molecular complexity index is 1020. The predicted molar refractivity (Wildman–Crippen MR) is 110 cm³/mol. The number of aromatic nitrogens is 3. The largest absolute Gasteiger partial charge is 0.378 e. The number of nitrogens with zero attached hydrogens (tertiary/aromatic N) is 5. The Kier molecular flexibility index (Phi) is 4.77. The minimum atomic E-state index is 0.0230. The zero-order chi connectivity index (χ0) is 19.8. The van der Waals surface area contributed by atoms with Crippen molar-refractivity contribution in [2.24, 2.45) is 0 Å². The van der Waals surface area contributed by atoms with Gasteiger partial charge < -0.3 is 14.2 Å². The molecule has 2 saturated heterocycles. The monoisotopic (exact) mass is 391 g/mol. The Morgan fingerprint density at radius 3 is 2.90 bits per heavy atom. The minimum absolute atomic E-state index is 0.0230. The number of morpholine rings is 1. The summed E-state index contributed by atoms with van der Waals surface area (Å²) in [5.74, 6) is 0.0230. The number of ether oxygens (including phenoxy) is 1. The molecule has 2 aliphatic heterocycles. The van der Waals surface area contributed by atoms with Gasteiger partial charge in [0.15, 0.2) is 5.65 Å². The normalized spacial score (nSPS) is 22.6. The molecule has 2 atom stereocenters. The van der Waals surface area contributed by atoms with E-state index in [0.717, 1.165) is 30.9 Å². The third kappa shape index (κ3) is 3.52. The third-order valence-electron chi connectivity index (χ3n) is 5.95. The molecule has 0 bridgehead atoms. The van der Waals surface area contributed by atoms with Crippen molar-refractivity contribution in [1.82, 2.24) is 24.3 Å². The predicted octanol–water partition coefficient (Wildman–Crippen LogP) is 2.02. The van der Waals surface area contributed by atoms with E-state index in [1.54, 1.807) is 12.5 Å². The maximum Gasteiger partial charge on any atom is 0.255 e. The van der Waals surface area contributed by atoms with Crippen LogP contribution in [-0.2, 0) is 11.3 Å². The van der Waals surface area contributed by atoms with Gasteiger partial charge in [0, 0.05) is 31.9 Å².